The van der Waals surface area contributed by atoms with Crippen molar-refractivity contribution < 1.29 is 4.74 Å². The molecule has 7 rings (SSSR count). The highest BCUT2D eigenvalue weighted by atomic mass is 35.5. The summed E-state index contributed by atoms with van der Waals surface area (Å²) in [4.78, 5) is 21.6. The summed E-state index contributed by atoms with van der Waals surface area (Å²) in [5.41, 5.74) is 3.83. The maximum atomic E-state index is 13.3. The molecule has 0 amide bonds. The van der Waals surface area contributed by atoms with Crippen molar-refractivity contribution in [2.45, 2.75) is 50.4 Å². The maximum absolute atomic E-state index is 13.3. The highest BCUT2D eigenvalue weighted by molar-refractivity contribution is 7.22. The number of aromatic nitrogens is 2. The van der Waals surface area contributed by atoms with Crippen LogP contribution in [-0.2, 0) is 6.54 Å². The lowest BCUT2D eigenvalue weighted by Crippen LogP contribution is -2.45. The number of halogens is 1. The van der Waals surface area contributed by atoms with Gasteiger partial charge in [-0.2, -0.15) is 0 Å². The molecule has 0 N–H and O–H groups in total. The van der Waals surface area contributed by atoms with E-state index in [0.29, 0.717) is 27.3 Å². The summed E-state index contributed by atoms with van der Waals surface area (Å²) in [5, 5.41) is 0.689. The van der Waals surface area contributed by atoms with Gasteiger partial charge < -0.3 is 4.74 Å². The second-order valence-electron chi connectivity index (χ2n) is 10.5. The Hall–Kier alpha value is -3.45. The molecule has 3 aromatic carbocycles. The van der Waals surface area contributed by atoms with Crippen molar-refractivity contribution in [3.05, 3.63) is 112 Å². The predicted molar refractivity (Wildman–Crippen MR) is 158 cm³/mol. The molecule has 3 atom stereocenters. The largest absolute Gasteiger partial charge is 0.490 e. The first kappa shape index (κ1) is 24.6. The van der Waals surface area contributed by atoms with Crippen LogP contribution in [0.2, 0.25) is 5.02 Å². The van der Waals surface area contributed by atoms with Gasteiger partial charge in [0.25, 0.3) is 5.56 Å². The fraction of sp³-hybridized carbons (Fsp3) is 0.250. The lowest BCUT2D eigenvalue weighted by Gasteiger charge is -2.39. The first-order valence-corrected chi connectivity index (χ1v) is 14.6. The summed E-state index contributed by atoms with van der Waals surface area (Å²) < 4.78 is 8.70. The highest BCUT2D eigenvalue weighted by Crippen LogP contribution is 2.38. The average Bonchev–Trinajstić information content (AvgIpc) is 3.49. The summed E-state index contributed by atoms with van der Waals surface area (Å²) in [6, 6.07) is 29.3. The molecule has 2 fully saturated rings. The van der Waals surface area contributed by atoms with Gasteiger partial charge in [-0.25, -0.2) is 4.98 Å². The van der Waals surface area contributed by atoms with E-state index in [2.05, 4.69) is 40.2 Å². The number of rotatable bonds is 6. The van der Waals surface area contributed by atoms with Gasteiger partial charge in [-0.3, -0.25) is 14.3 Å². The van der Waals surface area contributed by atoms with Crippen molar-refractivity contribution in [2.24, 2.45) is 0 Å². The zero-order valence-electron chi connectivity index (χ0n) is 21.4. The summed E-state index contributed by atoms with van der Waals surface area (Å²) >= 11 is 7.49. The Balaban J connectivity index is 1.05. The molecule has 0 unspecified atom stereocenters. The molecular formula is C32H28ClN3O2S. The number of hydrogen-bond donors (Lipinski definition) is 0. The van der Waals surface area contributed by atoms with Gasteiger partial charge in [-0.15, -0.1) is 11.3 Å². The second kappa shape index (κ2) is 10.3. The molecule has 2 aromatic heterocycles. The quantitative estimate of drug-likeness (QED) is 0.221. The van der Waals surface area contributed by atoms with Crippen molar-refractivity contribution in [1.29, 1.82) is 0 Å². The standard InChI is InChI=1S/C32H28ClN3O2S/c33-23-8-6-22(7-9-23)30-18-29-31(39-30)32(37)36(20-34-29)24-12-14-27(15-13-24)38-28-16-25-10-11-26(17-28)35(25)19-21-4-2-1-3-5-21/h1-9,12-15,18,20,25-26,28H,10-11,16-17,19H2/t25-,26+,28+. The normalized spacial score (nSPS) is 20.9. The van der Waals surface area contributed by atoms with Gasteiger partial charge in [-0.1, -0.05) is 54.1 Å². The number of benzene rings is 3. The summed E-state index contributed by atoms with van der Waals surface area (Å²) in [7, 11) is 0. The zero-order chi connectivity index (χ0) is 26.3. The van der Waals surface area contributed by atoms with Gasteiger partial charge in [0.15, 0.2) is 0 Å². The van der Waals surface area contributed by atoms with E-state index >= 15 is 0 Å². The zero-order valence-corrected chi connectivity index (χ0v) is 22.9. The first-order valence-electron chi connectivity index (χ1n) is 13.4. The fourth-order valence-electron chi connectivity index (χ4n) is 6.10. The van der Waals surface area contributed by atoms with E-state index in [0.717, 1.165) is 41.3 Å². The molecule has 2 bridgehead atoms. The SMILES string of the molecule is O=c1c2sc(-c3ccc(Cl)cc3)cc2ncn1-c1ccc(O[C@H]2C[C@H]3CC[C@@H](C2)N3Cc2ccccc2)cc1. The molecule has 4 heterocycles. The van der Waals surface area contributed by atoms with E-state index in [1.54, 1.807) is 10.9 Å². The molecule has 2 saturated heterocycles. The van der Waals surface area contributed by atoms with E-state index in [1.165, 1.54) is 29.7 Å². The van der Waals surface area contributed by atoms with Crippen LogP contribution in [0.5, 0.6) is 5.75 Å². The molecule has 0 aliphatic carbocycles. The molecule has 39 heavy (non-hydrogen) atoms. The van der Waals surface area contributed by atoms with Gasteiger partial charge in [0.2, 0.25) is 0 Å². The Bertz CT molecular complexity index is 1650. The van der Waals surface area contributed by atoms with Crippen LogP contribution in [0.25, 0.3) is 26.3 Å². The first-order chi connectivity index (χ1) is 19.1. The van der Waals surface area contributed by atoms with Gasteiger partial charge in [0, 0.05) is 28.5 Å². The van der Waals surface area contributed by atoms with Gasteiger partial charge >= 0.3 is 0 Å². The molecule has 0 spiro atoms. The van der Waals surface area contributed by atoms with Gasteiger partial charge in [0.05, 0.1) is 11.2 Å². The summed E-state index contributed by atoms with van der Waals surface area (Å²) in [6.45, 7) is 1.02. The molecule has 0 radical (unpaired) electrons. The van der Waals surface area contributed by atoms with Crippen LogP contribution >= 0.6 is 22.9 Å². The van der Waals surface area contributed by atoms with Crippen LogP contribution in [0, 0.1) is 0 Å². The lowest BCUT2D eigenvalue weighted by atomic mass is 9.98. The molecular weight excluding hydrogens is 526 g/mol. The predicted octanol–water partition coefficient (Wildman–Crippen LogP) is 7.34. The van der Waals surface area contributed by atoms with E-state index in [9.17, 15) is 4.79 Å². The number of ether oxygens (including phenoxy) is 1. The lowest BCUT2D eigenvalue weighted by molar-refractivity contribution is 0.0445. The summed E-state index contributed by atoms with van der Waals surface area (Å²) in [6.07, 6.45) is 6.44. The number of nitrogens with zero attached hydrogens (tertiary/aromatic N) is 3. The Morgan fingerprint density at radius 1 is 0.923 bits per heavy atom. The van der Waals surface area contributed by atoms with E-state index < -0.39 is 0 Å². The minimum atomic E-state index is -0.0683. The molecule has 5 nitrogen and oxygen atoms in total. The van der Waals surface area contributed by atoms with Crippen molar-refractivity contribution in [2.75, 3.05) is 0 Å². The van der Waals surface area contributed by atoms with Crippen LogP contribution in [0.1, 0.15) is 31.2 Å². The maximum Gasteiger partial charge on any atom is 0.275 e. The van der Waals surface area contributed by atoms with Crippen LogP contribution in [0.3, 0.4) is 0 Å². The summed E-state index contributed by atoms with van der Waals surface area (Å²) in [5.74, 6) is 0.850. The van der Waals surface area contributed by atoms with Crippen molar-refractivity contribution >= 4 is 33.2 Å². The smallest absolute Gasteiger partial charge is 0.275 e. The minimum absolute atomic E-state index is 0.0683. The number of piperidine rings is 1. The Kier molecular flexibility index (Phi) is 6.47. The fourth-order valence-corrected chi connectivity index (χ4v) is 7.28. The molecule has 5 aromatic rings. The van der Waals surface area contributed by atoms with Gasteiger partial charge in [-0.05, 0) is 79.3 Å². The Labute approximate surface area is 236 Å². The van der Waals surface area contributed by atoms with Crippen LogP contribution in [-0.4, -0.2) is 32.6 Å². The molecule has 2 aliphatic heterocycles. The van der Waals surface area contributed by atoms with Crippen molar-refractivity contribution in [3.8, 4) is 21.9 Å². The van der Waals surface area contributed by atoms with Crippen molar-refractivity contribution in [3.63, 3.8) is 0 Å². The second-order valence-corrected chi connectivity index (χ2v) is 12.0. The number of thiophene rings is 1. The Morgan fingerprint density at radius 3 is 2.36 bits per heavy atom. The van der Waals surface area contributed by atoms with Crippen LogP contribution < -0.4 is 10.3 Å². The third-order valence-electron chi connectivity index (χ3n) is 8.03. The van der Waals surface area contributed by atoms with E-state index in [-0.39, 0.29) is 11.7 Å². The molecule has 0 saturated carbocycles. The number of fused-ring (bicyclic) bond motifs is 3. The third-order valence-corrected chi connectivity index (χ3v) is 9.45. The molecule has 7 heteroatoms. The molecule has 2 aliphatic rings. The number of hydrogen-bond acceptors (Lipinski definition) is 5. The molecule has 196 valence electrons. The van der Waals surface area contributed by atoms with Crippen LogP contribution in [0.4, 0.5) is 0 Å². The third kappa shape index (κ3) is 4.89. The monoisotopic (exact) mass is 553 g/mol. The van der Waals surface area contributed by atoms with Gasteiger partial charge in [0.1, 0.15) is 22.9 Å². The van der Waals surface area contributed by atoms with E-state index in [4.69, 9.17) is 16.3 Å². The van der Waals surface area contributed by atoms with Crippen LogP contribution in [0.15, 0.2) is 96.1 Å². The average molecular weight is 554 g/mol. The Morgan fingerprint density at radius 2 is 1.64 bits per heavy atom. The van der Waals surface area contributed by atoms with Crippen molar-refractivity contribution in [1.82, 2.24) is 14.5 Å². The van der Waals surface area contributed by atoms with E-state index in [1.807, 2.05) is 54.6 Å². The minimum Gasteiger partial charge on any atom is -0.490 e. The topological polar surface area (TPSA) is 47.4 Å². The highest BCUT2D eigenvalue weighted by Gasteiger charge is 2.41.